The molecule has 0 fully saturated rings. The Morgan fingerprint density at radius 2 is 2.00 bits per heavy atom. The van der Waals surface area contributed by atoms with Gasteiger partial charge in [-0.15, -0.1) is 0 Å². The molecule has 0 unspecified atom stereocenters. The van der Waals surface area contributed by atoms with Crippen LogP contribution in [0.2, 0.25) is 0 Å². The van der Waals surface area contributed by atoms with Gasteiger partial charge in [0, 0.05) is 16.7 Å². The molecule has 110 valence electrons. The van der Waals surface area contributed by atoms with Gasteiger partial charge in [0.05, 0.1) is 12.7 Å². The van der Waals surface area contributed by atoms with E-state index in [0.29, 0.717) is 17.9 Å². The largest absolute Gasteiger partial charge is 0.496 e. The zero-order chi connectivity index (χ0) is 15.2. The molecule has 1 amide bonds. The standard InChI is InChI=1S/C16H17BrN2O2/c1-18-10-11-5-3-4-6-14(11)19-16(20)13-8-7-12(17)9-15(13)21-2/h3-9,18H,10H2,1-2H3,(H,19,20). The second kappa shape index (κ2) is 7.24. The van der Waals surface area contributed by atoms with Crippen LogP contribution in [0.1, 0.15) is 15.9 Å². The minimum absolute atomic E-state index is 0.192. The Morgan fingerprint density at radius 1 is 1.24 bits per heavy atom. The number of nitrogens with one attached hydrogen (secondary N) is 2. The molecule has 0 aliphatic carbocycles. The first kappa shape index (κ1) is 15.5. The van der Waals surface area contributed by atoms with Crippen molar-refractivity contribution < 1.29 is 9.53 Å². The lowest BCUT2D eigenvalue weighted by atomic mass is 10.1. The van der Waals surface area contributed by atoms with Crippen molar-refractivity contribution in [3.63, 3.8) is 0 Å². The molecule has 0 radical (unpaired) electrons. The minimum atomic E-state index is -0.192. The van der Waals surface area contributed by atoms with Gasteiger partial charge < -0.3 is 15.4 Å². The third-order valence-electron chi connectivity index (χ3n) is 3.04. The SMILES string of the molecule is CNCc1ccccc1NC(=O)c1ccc(Br)cc1OC. The summed E-state index contributed by atoms with van der Waals surface area (Å²) >= 11 is 3.37. The monoisotopic (exact) mass is 348 g/mol. The smallest absolute Gasteiger partial charge is 0.259 e. The molecule has 4 nitrogen and oxygen atoms in total. The molecule has 2 N–H and O–H groups in total. The number of rotatable bonds is 5. The topological polar surface area (TPSA) is 50.4 Å². The third kappa shape index (κ3) is 3.83. The van der Waals surface area contributed by atoms with Crippen molar-refractivity contribution in [1.82, 2.24) is 5.32 Å². The molecular formula is C16H17BrN2O2. The summed E-state index contributed by atoms with van der Waals surface area (Å²) in [7, 11) is 3.42. The van der Waals surface area contributed by atoms with Crippen LogP contribution in [0, 0.1) is 0 Å². The van der Waals surface area contributed by atoms with Crippen LogP contribution in [0.4, 0.5) is 5.69 Å². The van der Waals surface area contributed by atoms with Crippen molar-refractivity contribution in [2.75, 3.05) is 19.5 Å². The third-order valence-corrected chi connectivity index (χ3v) is 3.53. The number of ether oxygens (including phenoxy) is 1. The van der Waals surface area contributed by atoms with Gasteiger partial charge in [-0.2, -0.15) is 0 Å². The average Bonchev–Trinajstić information content (AvgIpc) is 2.49. The summed E-state index contributed by atoms with van der Waals surface area (Å²) in [5, 5.41) is 6.02. The van der Waals surface area contributed by atoms with Crippen LogP contribution in [0.15, 0.2) is 46.9 Å². The van der Waals surface area contributed by atoms with E-state index in [-0.39, 0.29) is 5.91 Å². The van der Waals surface area contributed by atoms with Gasteiger partial charge >= 0.3 is 0 Å². The zero-order valence-corrected chi connectivity index (χ0v) is 13.5. The Bertz CT molecular complexity index is 644. The summed E-state index contributed by atoms with van der Waals surface area (Å²) in [6.07, 6.45) is 0. The fourth-order valence-electron chi connectivity index (χ4n) is 2.03. The van der Waals surface area contributed by atoms with E-state index in [1.165, 1.54) is 0 Å². The molecule has 0 aliphatic heterocycles. The zero-order valence-electron chi connectivity index (χ0n) is 11.9. The Kier molecular flexibility index (Phi) is 5.36. The van der Waals surface area contributed by atoms with E-state index in [9.17, 15) is 4.79 Å². The van der Waals surface area contributed by atoms with Crippen LogP contribution in [-0.4, -0.2) is 20.1 Å². The molecule has 0 atom stereocenters. The first-order valence-electron chi connectivity index (χ1n) is 6.53. The lowest BCUT2D eigenvalue weighted by molar-refractivity contribution is 0.102. The van der Waals surface area contributed by atoms with Gasteiger partial charge in [-0.05, 0) is 36.9 Å². The van der Waals surface area contributed by atoms with Crippen molar-refractivity contribution in [3.05, 3.63) is 58.1 Å². The van der Waals surface area contributed by atoms with Crippen molar-refractivity contribution >= 4 is 27.5 Å². The quantitative estimate of drug-likeness (QED) is 0.870. The number of halogens is 1. The summed E-state index contributed by atoms with van der Waals surface area (Å²) in [5.74, 6) is 0.343. The minimum Gasteiger partial charge on any atom is -0.496 e. The van der Waals surface area contributed by atoms with E-state index < -0.39 is 0 Å². The number of anilines is 1. The van der Waals surface area contributed by atoms with Crippen molar-refractivity contribution in [2.45, 2.75) is 6.54 Å². The first-order chi connectivity index (χ1) is 10.2. The highest BCUT2D eigenvalue weighted by Gasteiger charge is 2.14. The Hall–Kier alpha value is -1.85. The molecule has 21 heavy (non-hydrogen) atoms. The molecule has 0 saturated heterocycles. The van der Waals surface area contributed by atoms with Crippen LogP contribution < -0.4 is 15.4 Å². The molecule has 0 aromatic heterocycles. The van der Waals surface area contributed by atoms with E-state index in [4.69, 9.17) is 4.74 Å². The number of hydrogen-bond donors (Lipinski definition) is 2. The van der Waals surface area contributed by atoms with Gasteiger partial charge in [0.2, 0.25) is 0 Å². The summed E-state index contributed by atoms with van der Waals surface area (Å²) < 4.78 is 6.13. The van der Waals surface area contributed by atoms with Gasteiger partial charge in [-0.3, -0.25) is 4.79 Å². The number of para-hydroxylation sites is 1. The maximum atomic E-state index is 12.4. The Labute approximate surface area is 132 Å². The number of carbonyl (C=O) groups is 1. The highest BCUT2D eigenvalue weighted by atomic mass is 79.9. The maximum absolute atomic E-state index is 12.4. The summed E-state index contributed by atoms with van der Waals surface area (Å²) in [5.41, 5.74) is 2.33. The molecule has 0 spiro atoms. The predicted molar refractivity (Wildman–Crippen MR) is 87.9 cm³/mol. The normalized spacial score (nSPS) is 10.2. The fraction of sp³-hybridized carbons (Fsp3) is 0.188. The molecule has 2 aromatic carbocycles. The number of methoxy groups -OCH3 is 1. The van der Waals surface area contributed by atoms with Crippen LogP contribution in [-0.2, 0) is 6.54 Å². The maximum Gasteiger partial charge on any atom is 0.259 e. The molecule has 2 aromatic rings. The van der Waals surface area contributed by atoms with Crippen LogP contribution >= 0.6 is 15.9 Å². The molecule has 0 bridgehead atoms. The molecule has 0 aliphatic rings. The summed E-state index contributed by atoms with van der Waals surface area (Å²) in [6.45, 7) is 0.688. The van der Waals surface area contributed by atoms with Crippen LogP contribution in [0.25, 0.3) is 0 Å². The molecular weight excluding hydrogens is 332 g/mol. The van der Waals surface area contributed by atoms with E-state index in [1.54, 1.807) is 19.2 Å². The van der Waals surface area contributed by atoms with Gasteiger partial charge in [-0.1, -0.05) is 34.1 Å². The predicted octanol–water partition coefficient (Wildman–Crippen LogP) is 3.43. The highest BCUT2D eigenvalue weighted by molar-refractivity contribution is 9.10. The van der Waals surface area contributed by atoms with Gasteiger partial charge in [0.1, 0.15) is 5.75 Å². The van der Waals surface area contributed by atoms with Gasteiger partial charge in [-0.25, -0.2) is 0 Å². The molecule has 0 saturated carbocycles. The number of carbonyl (C=O) groups excluding carboxylic acids is 1. The van der Waals surface area contributed by atoms with Crippen molar-refractivity contribution in [3.8, 4) is 5.75 Å². The van der Waals surface area contributed by atoms with Crippen LogP contribution in [0.3, 0.4) is 0 Å². The Morgan fingerprint density at radius 3 is 2.71 bits per heavy atom. The molecule has 0 heterocycles. The highest BCUT2D eigenvalue weighted by Crippen LogP contribution is 2.25. The van der Waals surface area contributed by atoms with Crippen LogP contribution in [0.5, 0.6) is 5.75 Å². The lowest BCUT2D eigenvalue weighted by Gasteiger charge is -2.12. The van der Waals surface area contributed by atoms with Gasteiger partial charge in [0.15, 0.2) is 0 Å². The second-order valence-electron chi connectivity index (χ2n) is 4.49. The Balaban J connectivity index is 2.26. The van der Waals surface area contributed by atoms with Crippen molar-refractivity contribution in [2.24, 2.45) is 0 Å². The van der Waals surface area contributed by atoms with E-state index in [2.05, 4.69) is 26.6 Å². The molecule has 2 rings (SSSR count). The second-order valence-corrected chi connectivity index (χ2v) is 5.40. The average molecular weight is 349 g/mol. The number of hydrogen-bond acceptors (Lipinski definition) is 3. The van der Waals surface area contributed by atoms with E-state index >= 15 is 0 Å². The summed E-state index contributed by atoms with van der Waals surface area (Å²) in [6, 6.07) is 13.0. The number of amides is 1. The van der Waals surface area contributed by atoms with Crippen molar-refractivity contribution in [1.29, 1.82) is 0 Å². The summed E-state index contributed by atoms with van der Waals surface area (Å²) in [4.78, 5) is 12.4. The van der Waals surface area contributed by atoms with E-state index in [1.807, 2.05) is 37.4 Å². The fourth-order valence-corrected chi connectivity index (χ4v) is 2.37. The van der Waals surface area contributed by atoms with E-state index in [0.717, 1.165) is 15.7 Å². The lowest BCUT2D eigenvalue weighted by Crippen LogP contribution is -2.16. The molecule has 5 heteroatoms. The van der Waals surface area contributed by atoms with Gasteiger partial charge in [0.25, 0.3) is 5.91 Å². The number of benzene rings is 2. The first-order valence-corrected chi connectivity index (χ1v) is 7.32.